The zero-order valence-corrected chi connectivity index (χ0v) is 11.7. The highest BCUT2D eigenvalue weighted by Crippen LogP contribution is 2.25. The highest BCUT2D eigenvalue weighted by atomic mass is 32.2. The molecule has 2 unspecified atom stereocenters. The van der Waals surface area contributed by atoms with Crippen LogP contribution >= 0.6 is 11.8 Å². The summed E-state index contributed by atoms with van der Waals surface area (Å²) in [6.45, 7) is 7.61. The third kappa shape index (κ3) is 3.75. The molecule has 1 aromatic carbocycles. The van der Waals surface area contributed by atoms with Gasteiger partial charge in [0.05, 0.1) is 0 Å². The summed E-state index contributed by atoms with van der Waals surface area (Å²) < 4.78 is 0. The van der Waals surface area contributed by atoms with Crippen LogP contribution in [0.3, 0.4) is 0 Å². The van der Waals surface area contributed by atoms with Crippen molar-refractivity contribution in [2.75, 3.05) is 13.1 Å². The van der Waals surface area contributed by atoms with Gasteiger partial charge >= 0.3 is 7.12 Å². The van der Waals surface area contributed by atoms with Crippen LogP contribution in [0, 0.1) is 0 Å². The minimum Gasteiger partial charge on any atom is -0.423 e. The molecule has 1 fully saturated rings. The van der Waals surface area contributed by atoms with Crippen LogP contribution in [-0.4, -0.2) is 45.7 Å². The van der Waals surface area contributed by atoms with Gasteiger partial charge in [0.25, 0.3) is 0 Å². The van der Waals surface area contributed by atoms with Crippen LogP contribution in [0.5, 0.6) is 0 Å². The molecule has 5 heteroatoms. The van der Waals surface area contributed by atoms with E-state index in [-0.39, 0.29) is 0 Å². The van der Waals surface area contributed by atoms with Crippen LogP contribution in [0.1, 0.15) is 19.4 Å². The van der Waals surface area contributed by atoms with E-state index in [9.17, 15) is 10.0 Å². The van der Waals surface area contributed by atoms with E-state index in [1.807, 2.05) is 30.0 Å². The first-order chi connectivity index (χ1) is 8.54. The van der Waals surface area contributed by atoms with Gasteiger partial charge in [-0.25, -0.2) is 0 Å². The maximum Gasteiger partial charge on any atom is 0.488 e. The summed E-state index contributed by atoms with van der Waals surface area (Å²) in [6, 6.07) is 7.55. The number of rotatable bonds is 3. The Kier molecular flexibility index (Phi) is 4.73. The Labute approximate surface area is 113 Å². The van der Waals surface area contributed by atoms with E-state index in [2.05, 4.69) is 18.7 Å². The molecule has 0 bridgehead atoms. The first kappa shape index (κ1) is 13.9. The fraction of sp³-hybridized carbons (Fsp3) is 0.538. The van der Waals surface area contributed by atoms with Crippen molar-refractivity contribution >= 4 is 24.3 Å². The summed E-state index contributed by atoms with van der Waals surface area (Å²) in [6.07, 6.45) is 0. The molecular formula is C13H20BNO2S. The summed E-state index contributed by atoms with van der Waals surface area (Å²) in [7, 11) is -1.38. The Bertz CT molecular complexity index is 392. The monoisotopic (exact) mass is 265 g/mol. The van der Waals surface area contributed by atoms with Gasteiger partial charge in [0.1, 0.15) is 0 Å². The molecule has 3 nitrogen and oxygen atoms in total. The van der Waals surface area contributed by atoms with Crippen molar-refractivity contribution in [2.24, 2.45) is 0 Å². The SMILES string of the molecule is CC1CN(Cc2cccc(B(O)O)c2)CC(C)S1. The smallest absolute Gasteiger partial charge is 0.423 e. The molecule has 1 heterocycles. The predicted molar refractivity (Wildman–Crippen MR) is 78.1 cm³/mol. The Balaban J connectivity index is 2.02. The van der Waals surface area contributed by atoms with Gasteiger partial charge in [-0.05, 0) is 11.0 Å². The zero-order chi connectivity index (χ0) is 13.1. The normalized spacial score (nSPS) is 25.1. The molecule has 0 amide bonds. The van der Waals surface area contributed by atoms with E-state index in [0.29, 0.717) is 16.0 Å². The lowest BCUT2D eigenvalue weighted by molar-refractivity contribution is 0.263. The van der Waals surface area contributed by atoms with Crippen molar-refractivity contribution in [3.05, 3.63) is 29.8 Å². The molecular weight excluding hydrogens is 245 g/mol. The van der Waals surface area contributed by atoms with Crippen molar-refractivity contribution in [1.29, 1.82) is 0 Å². The summed E-state index contributed by atoms with van der Waals surface area (Å²) in [5.74, 6) is 0. The molecule has 1 aliphatic rings. The van der Waals surface area contributed by atoms with Gasteiger partial charge < -0.3 is 10.0 Å². The van der Waals surface area contributed by atoms with Crippen molar-refractivity contribution in [2.45, 2.75) is 30.9 Å². The summed E-state index contributed by atoms with van der Waals surface area (Å²) in [5, 5.41) is 19.7. The van der Waals surface area contributed by atoms with Crippen LogP contribution in [0.2, 0.25) is 0 Å². The molecule has 2 N–H and O–H groups in total. The number of benzene rings is 1. The van der Waals surface area contributed by atoms with Crippen molar-refractivity contribution < 1.29 is 10.0 Å². The van der Waals surface area contributed by atoms with Crippen LogP contribution in [0.15, 0.2) is 24.3 Å². The summed E-state index contributed by atoms with van der Waals surface area (Å²) >= 11 is 2.04. The Morgan fingerprint density at radius 1 is 1.28 bits per heavy atom. The third-order valence-electron chi connectivity index (χ3n) is 3.15. The second-order valence-corrected chi connectivity index (χ2v) is 6.95. The molecule has 1 saturated heterocycles. The number of nitrogens with zero attached hydrogens (tertiary/aromatic N) is 1. The van der Waals surface area contributed by atoms with Crippen molar-refractivity contribution in [3.8, 4) is 0 Å². The Morgan fingerprint density at radius 3 is 2.56 bits per heavy atom. The molecule has 2 rings (SSSR count). The summed E-state index contributed by atoms with van der Waals surface area (Å²) in [4.78, 5) is 2.44. The lowest BCUT2D eigenvalue weighted by Crippen LogP contribution is -2.40. The van der Waals surface area contributed by atoms with Gasteiger partial charge in [0.2, 0.25) is 0 Å². The topological polar surface area (TPSA) is 43.7 Å². The Morgan fingerprint density at radius 2 is 1.94 bits per heavy atom. The molecule has 18 heavy (non-hydrogen) atoms. The maximum atomic E-state index is 9.18. The van der Waals surface area contributed by atoms with E-state index in [0.717, 1.165) is 25.2 Å². The average Bonchev–Trinajstić information content (AvgIpc) is 2.27. The molecule has 1 aliphatic heterocycles. The quantitative estimate of drug-likeness (QED) is 0.789. The van der Waals surface area contributed by atoms with E-state index in [1.165, 1.54) is 0 Å². The highest BCUT2D eigenvalue weighted by molar-refractivity contribution is 8.00. The molecule has 0 aromatic heterocycles. The zero-order valence-electron chi connectivity index (χ0n) is 10.9. The minimum atomic E-state index is -1.38. The van der Waals surface area contributed by atoms with Gasteiger partial charge in [-0.3, -0.25) is 4.90 Å². The van der Waals surface area contributed by atoms with Gasteiger partial charge in [0, 0.05) is 30.1 Å². The van der Waals surface area contributed by atoms with Crippen LogP contribution < -0.4 is 5.46 Å². The van der Waals surface area contributed by atoms with Crippen LogP contribution in [0.4, 0.5) is 0 Å². The first-order valence-electron chi connectivity index (χ1n) is 6.37. The standard InChI is InChI=1S/C13H20BNO2S/c1-10-7-15(8-11(2)18-10)9-12-4-3-5-13(6-12)14(16)17/h3-6,10-11,16-17H,7-9H2,1-2H3. The highest BCUT2D eigenvalue weighted by Gasteiger charge is 2.22. The van der Waals surface area contributed by atoms with Gasteiger partial charge in [-0.1, -0.05) is 38.1 Å². The first-order valence-corrected chi connectivity index (χ1v) is 7.31. The van der Waals surface area contributed by atoms with E-state index in [1.54, 1.807) is 6.07 Å². The van der Waals surface area contributed by atoms with Gasteiger partial charge in [0.15, 0.2) is 0 Å². The van der Waals surface area contributed by atoms with E-state index in [4.69, 9.17) is 0 Å². The molecule has 0 saturated carbocycles. The average molecular weight is 265 g/mol. The molecule has 1 aromatic rings. The van der Waals surface area contributed by atoms with Crippen LogP contribution in [-0.2, 0) is 6.54 Å². The fourth-order valence-electron chi connectivity index (χ4n) is 2.52. The minimum absolute atomic E-state index is 0.569. The number of thioether (sulfide) groups is 1. The summed E-state index contributed by atoms with van der Waals surface area (Å²) in [5.41, 5.74) is 1.71. The van der Waals surface area contributed by atoms with Crippen molar-refractivity contribution in [1.82, 2.24) is 4.90 Å². The molecule has 0 radical (unpaired) electrons. The predicted octanol–water partition coefficient (Wildman–Crippen LogP) is 0.692. The van der Waals surface area contributed by atoms with E-state index >= 15 is 0 Å². The van der Waals surface area contributed by atoms with Gasteiger partial charge in [-0.15, -0.1) is 0 Å². The van der Waals surface area contributed by atoms with Gasteiger partial charge in [-0.2, -0.15) is 11.8 Å². The second kappa shape index (κ2) is 6.11. The lowest BCUT2D eigenvalue weighted by atomic mass is 9.79. The second-order valence-electron chi connectivity index (χ2n) is 5.07. The number of hydrogen-bond donors (Lipinski definition) is 2. The molecule has 98 valence electrons. The maximum absolute atomic E-state index is 9.18. The number of hydrogen-bond acceptors (Lipinski definition) is 4. The van der Waals surface area contributed by atoms with Crippen LogP contribution in [0.25, 0.3) is 0 Å². The molecule has 2 atom stereocenters. The van der Waals surface area contributed by atoms with Crippen molar-refractivity contribution in [3.63, 3.8) is 0 Å². The molecule has 0 spiro atoms. The third-order valence-corrected chi connectivity index (χ3v) is 4.38. The lowest BCUT2D eigenvalue weighted by Gasteiger charge is -2.34. The largest absolute Gasteiger partial charge is 0.488 e. The fourth-order valence-corrected chi connectivity index (χ4v) is 3.91. The Hall–Kier alpha value is -0.485. The molecule has 0 aliphatic carbocycles. The van der Waals surface area contributed by atoms with E-state index < -0.39 is 7.12 Å².